The van der Waals surface area contributed by atoms with Crippen LogP contribution >= 0.6 is 23.2 Å². The van der Waals surface area contributed by atoms with Crippen LogP contribution in [0.1, 0.15) is 11.1 Å². The number of hydrogen-bond acceptors (Lipinski definition) is 1. The molecule has 2 nitrogen and oxygen atoms in total. The Morgan fingerprint density at radius 3 is 1.52 bits per heavy atom. The van der Waals surface area contributed by atoms with E-state index >= 15 is 0 Å². The third-order valence-electron chi connectivity index (χ3n) is 3.54. The van der Waals surface area contributed by atoms with Crippen LogP contribution in [0, 0.1) is 0 Å². The zero-order valence-corrected chi connectivity index (χ0v) is 15.6. The molecule has 0 radical (unpaired) electrons. The predicted molar refractivity (Wildman–Crippen MR) is 104 cm³/mol. The molecule has 1 amide bonds. The standard InChI is InChI=1S/C20H16Cl2F3NO/c21-17-9-5-15(6-10-17)3-1-13-26(19(27)20(23,24)25)14-2-4-16-7-11-18(22)12-8-16/h1-12H,13-14H2/b3-1+,4-2+. The topological polar surface area (TPSA) is 20.3 Å². The first kappa shape index (κ1) is 21.1. The maximum Gasteiger partial charge on any atom is 0.471 e. The Labute approximate surface area is 165 Å². The van der Waals surface area contributed by atoms with Gasteiger partial charge in [-0.25, -0.2) is 0 Å². The van der Waals surface area contributed by atoms with Crippen LogP contribution in [-0.4, -0.2) is 30.1 Å². The Bertz CT molecular complexity index is 755. The van der Waals surface area contributed by atoms with Crippen LogP contribution < -0.4 is 0 Å². The number of benzene rings is 2. The minimum atomic E-state index is -4.93. The summed E-state index contributed by atoms with van der Waals surface area (Å²) in [6.45, 7) is -0.349. The van der Waals surface area contributed by atoms with Crippen molar-refractivity contribution in [2.45, 2.75) is 6.18 Å². The molecule has 0 saturated carbocycles. The van der Waals surface area contributed by atoms with Gasteiger partial charge in [0.1, 0.15) is 0 Å². The van der Waals surface area contributed by atoms with Gasteiger partial charge in [-0.3, -0.25) is 4.79 Å². The quantitative estimate of drug-likeness (QED) is 0.559. The van der Waals surface area contributed by atoms with Gasteiger partial charge in [-0.1, -0.05) is 71.8 Å². The van der Waals surface area contributed by atoms with Gasteiger partial charge in [-0.2, -0.15) is 13.2 Å². The van der Waals surface area contributed by atoms with Crippen LogP contribution in [0.3, 0.4) is 0 Å². The molecule has 0 fully saturated rings. The first-order valence-electron chi connectivity index (χ1n) is 7.96. The lowest BCUT2D eigenvalue weighted by molar-refractivity contribution is -0.184. The fourth-order valence-electron chi connectivity index (χ4n) is 2.20. The SMILES string of the molecule is O=C(N(C/C=C/c1ccc(Cl)cc1)C/C=C/c1ccc(Cl)cc1)C(F)(F)F. The van der Waals surface area contributed by atoms with E-state index in [1.54, 1.807) is 60.7 Å². The van der Waals surface area contributed by atoms with Crippen LogP contribution in [0.4, 0.5) is 13.2 Å². The molecule has 2 aromatic rings. The van der Waals surface area contributed by atoms with Gasteiger partial charge in [0.25, 0.3) is 0 Å². The van der Waals surface area contributed by atoms with Crippen molar-refractivity contribution in [1.82, 2.24) is 4.90 Å². The van der Waals surface area contributed by atoms with E-state index in [1.165, 1.54) is 12.2 Å². The Morgan fingerprint density at radius 1 is 0.815 bits per heavy atom. The molecule has 142 valence electrons. The number of halogens is 5. The summed E-state index contributed by atoms with van der Waals surface area (Å²) >= 11 is 11.6. The smallest absolute Gasteiger partial charge is 0.327 e. The zero-order chi connectivity index (χ0) is 19.9. The van der Waals surface area contributed by atoms with Crippen molar-refractivity contribution in [2.24, 2.45) is 0 Å². The number of carbonyl (C=O) groups is 1. The van der Waals surface area contributed by atoms with Crippen LogP contribution in [-0.2, 0) is 4.79 Å². The molecule has 0 spiro atoms. The van der Waals surface area contributed by atoms with E-state index in [1.807, 2.05) is 0 Å². The Balaban J connectivity index is 2.05. The molecule has 0 aliphatic heterocycles. The highest BCUT2D eigenvalue weighted by molar-refractivity contribution is 6.30. The molecule has 0 atom stereocenters. The summed E-state index contributed by atoms with van der Waals surface area (Å²) in [7, 11) is 0. The molecule has 27 heavy (non-hydrogen) atoms. The van der Waals surface area contributed by atoms with E-state index in [9.17, 15) is 18.0 Å². The second kappa shape index (κ2) is 9.62. The minimum Gasteiger partial charge on any atom is -0.327 e. The van der Waals surface area contributed by atoms with Crippen molar-refractivity contribution in [2.75, 3.05) is 13.1 Å². The third-order valence-corrected chi connectivity index (χ3v) is 4.05. The second-order valence-corrected chi connectivity index (χ2v) is 6.49. The van der Waals surface area contributed by atoms with Gasteiger partial charge < -0.3 is 4.90 Å². The number of carbonyl (C=O) groups excluding carboxylic acids is 1. The predicted octanol–water partition coefficient (Wildman–Crippen LogP) is 6.11. The Morgan fingerprint density at radius 2 is 1.19 bits per heavy atom. The molecule has 0 N–H and O–H groups in total. The highest BCUT2D eigenvalue weighted by Crippen LogP contribution is 2.19. The van der Waals surface area contributed by atoms with Crippen molar-refractivity contribution < 1.29 is 18.0 Å². The summed E-state index contributed by atoms with van der Waals surface area (Å²) in [6, 6.07) is 13.6. The van der Waals surface area contributed by atoms with E-state index in [-0.39, 0.29) is 13.1 Å². The van der Waals surface area contributed by atoms with Gasteiger partial charge in [0, 0.05) is 23.1 Å². The first-order valence-corrected chi connectivity index (χ1v) is 8.71. The maximum atomic E-state index is 12.8. The lowest BCUT2D eigenvalue weighted by atomic mass is 10.2. The average Bonchev–Trinajstić information content (AvgIpc) is 2.62. The van der Waals surface area contributed by atoms with Crippen LogP contribution in [0.5, 0.6) is 0 Å². The van der Waals surface area contributed by atoms with Gasteiger partial charge in [0.05, 0.1) is 0 Å². The molecule has 0 bridgehead atoms. The van der Waals surface area contributed by atoms with E-state index in [4.69, 9.17) is 23.2 Å². The fraction of sp³-hybridized carbons (Fsp3) is 0.150. The molecule has 0 heterocycles. The van der Waals surface area contributed by atoms with Gasteiger partial charge in [-0.15, -0.1) is 0 Å². The van der Waals surface area contributed by atoms with Crippen molar-refractivity contribution in [3.63, 3.8) is 0 Å². The largest absolute Gasteiger partial charge is 0.471 e. The second-order valence-electron chi connectivity index (χ2n) is 5.62. The zero-order valence-electron chi connectivity index (χ0n) is 14.1. The number of nitrogens with zero attached hydrogens (tertiary/aromatic N) is 1. The third kappa shape index (κ3) is 7.12. The summed E-state index contributed by atoms with van der Waals surface area (Å²) in [4.78, 5) is 12.4. The summed E-state index contributed by atoms with van der Waals surface area (Å²) < 4.78 is 38.5. The number of amides is 1. The molecule has 2 aromatic carbocycles. The summed E-state index contributed by atoms with van der Waals surface area (Å²) in [6.07, 6.45) is 1.35. The molecular formula is C20H16Cl2F3NO. The van der Waals surface area contributed by atoms with E-state index in [0.29, 0.717) is 10.0 Å². The van der Waals surface area contributed by atoms with Gasteiger partial charge >= 0.3 is 12.1 Å². The molecule has 2 rings (SSSR count). The first-order chi connectivity index (χ1) is 12.8. The molecule has 0 aliphatic rings. The highest BCUT2D eigenvalue weighted by atomic mass is 35.5. The Kier molecular flexibility index (Phi) is 7.51. The Hall–Kier alpha value is -2.24. The molecule has 0 saturated heterocycles. The summed E-state index contributed by atoms with van der Waals surface area (Å²) in [5, 5.41) is 1.13. The lowest BCUT2D eigenvalue weighted by Gasteiger charge is -2.20. The summed E-state index contributed by atoms with van der Waals surface area (Å²) in [5.74, 6) is -1.89. The minimum absolute atomic E-state index is 0.175. The van der Waals surface area contributed by atoms with Crippen LogP contribution in [0.2, 0.25) is 10.0 Å². The molecule has 0 unspecified atom stereocenters. The molecule has 0 aliphatic carbocycles. The fourth-order valence-corrected chi connectivity index (χ4v) is 2.45. The van der Waals surface area contributed by atoms with Gasteiger partial charge in [-0.05, 0) is 35.4 Å². The van der Waals surface area contributed by atoms with E-state index in [0.717, 1.165) is 16.0 Å². The van der Waals surface area contributed by atoms with Gasteiger partial charge in [0.2, 0.25) is 0 Å². The molecule has 0 aromatic heterocycles. The molecular weight excluding hydrogens is 398 g/mol. The number of rotatable bonds is 6. The highest BCUT2D eigenvalue weighted by Gasteiger charge is 2.41. The van der Waals surface area contributed by atoms with Gasteiger partial charge in [0.15, 0.2) is 0 Å². The van der Waals surface area contributed by atoms with E-state index in [2.05, 4.69) is 0 Å². The summed E-state index contributed by atoms with van der Waals surface area (Å²) in [5.41, 5.74) is 1.55. The van der Waals surface area contributed by atoms with E-state index < -0.39 is 12.1 Å². The van der Waals surface area contributed by atoms with Crippen molar-refractivity contribution in [1.29, 1.82) is 0 Å². The van der Waals surface area contributed by atoms with Crippen LogP contribution in [0.15, 0.2) is 60.7 Å². The van der Waals surface area contributed by atoms with Crippen molar-refractivity contribution in [3.05, 3.63) is 81.9 Å². The number of alkyl halides is 3. The van der Waals surface area contributed by atoms with Crippen LogP contribution in [0.25, 0.3) is 12.2 Å². The van der Waals surface area contributed by atoms with Crippen molar-refractivity contribution in [3.8, 4) is 0 Å². The lowest BCUT2D eigenvalue weighted by Crippen LogP contribution is -2.41. The van der Waals surface area contributed by atoms with Crippen molar-refractivity contribution >= 4 is 41.3 Å². The maximum absolute atomic E-state index is 12.8. The average molecular weight is 414 g/mol. The monoisotopic (exact) mass is 413 g/mol. The molecule has 7 heteroatoms. The number of hydrogen-bond donors (Lipinski definition) is 0. The normalized spacial score (nSPS) is 12.0.